The number of rotatable bonds is 4. The van der Waals surface area contributed by atoms with Crippen LogP contribution in [0.25, 0.3) is 0 Å². The van der Waals surface area contributed by atoms with Crippen LogP contribution in [0.1, 0.15) is 33.6 Å². The Kier molecular flexibility index (Phi) is 4.35. The van der Waals surface area contributed by atoms with Crippen LogP contribution < -0.4 is 10.6 Å². The van der Waals surface area contributed by atoms with E-state index in [0.29, 0.717) is 0 Å². The molecule has 3 N–H and O–H groups in total. The number of hydrogen-bond acceptors (Lipinski definition) is 6. The van der Waals surface area contributed by atoms with Crippen molar-refractivity contribution in [3.8, 4) is 0 Å². The number of nitro groups is 1. The third-order valence-electron chi connectivity index (χ3n) is 3.24. The van der Waals surface area contributed by atoms with Crippen molar-refractivity contribution in [2.75, 3.05) is 0 Å². The molecule has 1 aromatic carbocycles. The molecule has 1 heterocycles. The number of carbonyl (C=O) groups excluding carboxylic acids is 3. The summed E-state index contributed by atoms with van der Waals surface area (Å²) in [6.45, 7) is 0. The molecule has 10 heteroatoms. The van der Waals surface area contributed by atoms with E-state index in [1.165, 1.54) is 0 Å². The molecule has 1 atom stereocenters. The summed E-state index contributed by atoms with van der Waals surface area (Å²) in [5, 5.41) is 24.3. The van der Waals surface area contributed by atoms with Crippen LogP contribution in [0.4, 0.5) is 5.69 Å². The monoisotopic (exact) mass is 321 g/mol. The molecule has 1 aromatic rings. The number of aromatic carboxylic acids is 1. The zero-order valence-electron chi connectivity index (χ0n) is 11.6. The lowest BCUT2D eigenvalue weighted by Gasteiger charge is -2.22. The Hall–Kier alpha value is -3.30. The summed E-state index contributed by atoms with van der Waals surface area (Å²) >= 11 is 0. The predicted octanol–water partition coefficient (Wildman–Crippen LogP) is -0.172. The lowest BCUT2D eigenvalue weighted by Crippen LogP contribution is -2.52. The summed E-state index contributed by atoms with van der Waals surface area (Å²) in [7, 11) is 0. The number of benzene rings is 1. The van der Waals surface area contributed by atoms with Gasteiger partial charge in [0.25, 0.3) is 11.6 Å². The van der Waals surface area contributed by atoms with Crippen LogP contribution in [0, 0.1) is 10.1 Å². The summed E-state index contributed by atoms with van der Waals surface area (Å²) in [4.78, 5) is 56.2. The van der Waals surface area contributed by atoms with E-state index >= 15 is 0 Å². The lowest BCUT2D eigenvalue weighted by atomic mass is 10.0. The van der Waals surface area contributed by atoms with Crippen LogP contribution in [0.2, 0.25) is 0 Å². The van der Waals surface area contributed by atoms with E-state index in [0.717, 1.165) is 18.2 Å². The molecule has 0 radical (unpaired) electrons. The molecular weight excluding hydrogens is 310 g/mol. The third-order valence-corrected chi connectivity index (χ3v) is 3.24. The lowest BCUT2D eigenvalue weighted by molar-refractivity contribution is -0.385. The molecule has 1 saturated heterocycles. The molecule has 0 saturated carbocycles. The topological polar surface area (TPSA) is 156 Å². The first-order chi connectivity index (χ1) is 10.8. The maximum absolute atomic E-state index is 12.2. The van der Waals surface area contributed by atoms with Crippen molar-refractivity contribution in [1.82, 2.24) is 10.6 Å². The Morgan fingerprint density at radius 2 is 2.04 bits per heavy atom. The molecule has 0 bridgehead atoms. The molecule has 23 heavy (non-hydrogen) atoms. The Morgan fingerprint density at radius 1 is 1.35 bits per heavy atom. The van der Waals surface area contributed by atoms with E-state index < -0.39 is 51.5 Å². The molecule has 10 nitrogen and oxygen atoms in total. The molecule has 0 aromatic heterocycles. The summed E-state index contributed by atoms with van der Waals surface area (Å²) in [6, 6.07) is 2.12. The second kappa shape index (κ2) is 6.22. The van der Waals surface area contributed by atoms with Gasteiger partial charge in [-0.2, -0.15) is 0 Å². The van der Waals surface area contributed by atoms with Crippen LogP contribution in [0.15, 0.2) is 18.2 Å². The fraction of sp³-hybridized carbons (Fsp3) is 0.231. The van der Waals surface area contributed by atoms with Gasteiger partial charge in [0.2, 0.25) is 11.8 Å². The fourth-order valence-corrected chi connectivity index (χ4v) is 2.17. The predicted molar refractivity (Wildman–Crippen MR) is 73.7 cm³/mol. The van der Waals surface area contributed by atoms with Crippen molar-refractivity contribution in [1.29, 1.82) is 0 Å². The van der Waals surface area contributed by atoms with Gasteiger partial charge in [-0.3, -0.25) is 29.8 Å². The van der Waals surface area contributed by atoms with E-state index in [-0.39, 0.29) is 12.8 Å². The van der Waals surface area contributed by atoms with Crippen LogP contribution >= 0.6 is 0 Å². The van der Waals surface area contributed by atoms with Gasteiger partial charge in [-0.05, 0) is 12.5 Å². The summed E-state index contributed by atoms with van der Waals surface area (Å²) in [5.74, 6) is -3.81. The average Bonchev–Trinajstić information content (AvgIpc) is 2.49. The molecule has 1 aliphatic heterocycles. The number of nitrogens with zero attached hydrogens (tertiary/aromatic N) is 1. The molecule has 0 spiro atoms. The van der Waals surface area contributed by atoms with Gasteiger partial charge in [0, 0.05) is 12.5 Å². The maximum atomic E-state index is 12.2. The highest BCUT2D eigenvalue weighted by Crippen LogP contribution is 2.23. The molecule has 120 valence electrons. The van der Waals surface area contributed by atoms with E-state index in [1.807, 2.05) is 5.32 Å². The summed E-state index contributed by atoms with van der Waals surface area (Å²) < 4.78 is 0. The van der Waals surface area contributed by atoms with E-state index in [9.17, 15) is 29.3 Å². The van der Waals surface area contributed by atoms with Crippen molar-refractivity contribution < 1.29 is 29.2 Å². The number of carboxylic acids is 1. The molecule has 1 fully saturated rings. The van der Waals surface area contributed by atoms with Gasteiger partial charge in [-0.15, -0.1) is 0 Å². The quantitative estimate of drug-likeness (QED) is 0.395. The van der Waals surface area contributed by atoms with Crippen LogP contribution in [-0.4, -0.2) is 39.8 Å². The molecule has 1 unspecified atom stereocenters. The van der Waals surface area contributed by atoms with Gasteiger partial charge in [0.05, 0.1) is 10.5 Å². The van der Waals surface area contributed by atoms with Crippen molar-refractivity contribution in [3.05, 3.63) is 39.4 Å². The number of piperidine rings is 1. The number of imide groups is 1. The fourth-order valence-electron chi connectivity index (χ4n) is 2.17. The van der Waals surface area contributed by atoms with Gasteiger partial charge in [0.1, 0.15) is 11.6 Å². The minimum atomic E-state index is -1.51. The largest absolute Gasteiger partial charge is 0.478 e. The third kappa shape index (κ3) is 3.31. The van der Waals surface area contributed by atoms with Gasteiger partial charge in [0.15, 0.2) is 0 Å². The Labute approximate surface area is 128 Å². The number of nitrogens with one attached hydrogen (secondary N) is 2. The molecule has 0 aliphatic carbocycles. The van der Waals surface area contributed by atoms with Gasteiger partial charge < -0.3 is 10.4 Å². The highest BCUT2D eigenvalue weighted by atomic mass is 16.6. The zero-order chi connectivity index (χ0) is 17.1. The second-order valence-electron chi connectivity index (χ2n) is 4.74. The standard InChI is InChI=1S/C13H11N3O7/c17-9-5-4-7(11(18)15-9)14-12(19)10-6(13(20)21)2-1-3-8(10)16(22)23/h1-3,7H,4-5H2,(H,14,19)(H,20,21)(H,15,17,18). The second-order valence-corrected chi connectivity index (χ2v) is 4.74. The number of carbonyl (C=O) groups is 4. The maximum Gasteiger partial charge on any atom is 0.336 e. The minimum absolute atomic E-state index is 0.000638. The molecule has 2 rings (SSSR count). The Morgan fingerprint density at radius 3 is 2.61 bits per heavy atom. The smallest absolute Gasteiger partial charge is 0.336 e. The van der Waals surface area contributed by atoms with Gasteiger partial charge >= 0.3 is 5.97 Å². The van der Waals surface area contributed by atoms with Crippen molar-refractivity contribution in [2.24, 2.45) is 0 Å². The van der Waals surface area contributed by atoms with E-state index in [1.54, 1.807) is 0 Å². The van der Waals surface area contributed by atoms with Gasteiger partial charge in [-0.1, -0.05) is 6.07 Å². The summed E-state index contributed by atoms with van der Waals surface area (Å²) in [5.41, 5.74) is -1.88. The average molecular weight is 321 g/mol. The Balaban J connectivity index is 2.35. The molecular formula is C13H11N3O7. The van der Waals surface area contributed by atoms with Crippen LogP contribution in [0.5, 0.6) is 0 Å². The SMILES string of the molecule is O=C1CCC(NC(=O)c2c(C(=O)O)cccc2[N+](=O)[O-])C(=O)N1. The number of carboxylic acid groups (broad SMARTS) is 1. The molecule has 3 amide bonds. The van der Waals surface area contributed by atoms with Crippen LogP contribution in [0.3, 0.4) is 0 Å². The number of amides is 3. The first kappa shape index (κ1) is 16.1. The van der Waals surface area contributed by atoms with Gasteiger partial charge in [-0.25, -0.2) is 4.79 Å². The summed E-state index contributed by atoms with van der Waals surface area (Å²) in [6.07, 6.45) is 0.0266. The van der Waals surface area contributed by atoms with Crippen molar-refractivity contribution in [2.45, 2.75) is 18.9 Å². The highest BCUT2D eigenvalue weighted by molar-refractivity contribution is 6.10. The van der Waals surface area contributed by atoms with E-state index in [2.05, 4.69) is 5.32 Å². The highest BCUT2D eigenvalue weighted by Gasteiger charge is 2.32. The Bertz CT molecular complexity index is 696. The molecule has 1 aliphatic rings. The van der Waals surface area contributed by atoms with E-state index in [4.69, 9.17) is 5.11 Å². The van der Waals surface area contributed by atoms with Crippen LogP contribution in [-0.2, 0) is 9.59 Å². The van der Waals surface area contributed by atoms with Crippen molar-refractivity contribution in [3.63, 3.8) is 0 Å². The van der Waals surface area contributed by atoms with Crippen molar-refractivity contribution >= 4 is 29.4 Å². The first-order valence-electron chi connectivity index (χ1n) is 6.46. The first-order valence-corrected chi connectivity index (χ1v) is 6.46. The normalized spacial score (nSPS) is 17.3. The minimum Gasteiger partial charge on any atom is -0.478 e. The number of nitro benzene ring substituents is 1. The number of hydrogen-bond donors (Lipinski definition) is 3. The zero-order valence-corrected chi connectivity index (χ0v) is 11.6.